The molecule has 1 N–H and O–H groups in total. The van der Waals surface area contributed by atoms with Crippen molar-refractivity contribution in [1.29, 1.82) is 0 Å². The molecule has 0 aliphatic rings. The molecular weight excluding hydrogens is 288 g/mol. The number of carbonyl (C=O) groups is 1. The number of methoxy groups -OCH3 is 1. The van der Waals surface area contributed by atoms with Crippen LogP contribution < -0.4 is 10.2 Å². The molecule has 0 saturated carbocycles. The summed E-state index contributed by atoms with van der Waals surface area (Å²) in [5.41, 5.74) is 5.92. The van der Waals surface area contributed by atoms with Crippen molar-refractivity contribution in [3.05, 3.63) is 65.2 Å². The third-order valence-electron chi connectivity index (χ3n) is 3.51. The molecule has 120 valence electrons. The molecule has 0 saturated heterocycles. The summed E-state index contributed by atoms with van der Waals surface area (Å²) in [4.78, 5) is 11.7. The Morgan fingerprint density at radius 2 is 1.83 bits per heavy atom. The zero-order valence-electron chi connectivity index (χ0n) is 13.6. The highest BCUT2D eigenvalue weighted by molar-refractivity contribution is 5.82. The average Bonchev–Trinajstić information content (AvgIpc) is 2.57. The Labute approximate surface area is 137 Å². The van der Waals surface area contributed by atoms with Gasteiger partial charge in [-0.2, -0.15) is 5.10 Å². The SMILES string of the molecule is COc1ccc(CCCC(=O)N/N=C/c2ccc(C)cc2)cc1. The van der Waals surface area contributed by atoms with Crippen molar-refractivity contribution in [3.8, 4) is 5.75 Å². The molecule has 0 heterocycles. The van der Waals surface area contributed by atoms with Gasteiger partial charge in [-0.3, -0.25) is 4.79 Å². The second-order valence-electron chi connectivity index (χ2n) is 5.41. The van der Waals surface area contributed by atoms with Gasteiger partial charge in [-0.25, -0.2) is 5.43 Å². The molecule has 0 fully saturated rings. The molecule has 4 nitrogen and oxygen atoms in total. The molecule has 0 aromatic heterocycles. The second kappa shape index (κ2) is 8.73. The fraction of sp³-hybridized carbons (Fsp3) is 0.263. The van der Waals surface area contributed by atoms with Crippen molar-refractivity contribution in [2.75, 3.05) is 7.11 Å². The standard InChI is InChI=1S/C19H22N2O2/c1-15-6-8-17(9-7-15)14-20-21-19(22)5-3-4-16-10-12-18(23-2)13-11-16/h6-14H,3-5H2,1-2H3,(H,21,22)/b20-14+. The molecule has 2 rings (SSSR count). The van der Waals surface area contributed by atoms with Crippen molar-refractivity contribution < 1.29 is 9.53 Å². The quantitative estimate of drug-likeness (QED) is 0.629. The first-order valence-electron chi connectivity index (χ1n) is 7.69. The lowest BCUT2D eigenvalue weighted by molar-refractivity contribution is -0.121. The lowest BCUT2D eigenvalue weighted by Crippen LogP contribution is -2.17. The maximum atomic E-state index is 11.7. The fourth-order valence-electron chi connectivity index (χ4n) is 2.13. The number of benzene rings is 2. The van der Waals surface area contributed by atoms with E-state index < -0.39 is 0 Å². The summed E-state index contributed by atoms with van der Waals surface area (Å²) in [7, 11) is 1.65. The van der Waals surface area contributed by atoms with Crippen LogP contribution in [0.25, 0.3) is 0 Å². The Morgan fingerprint density at radius 3 is 2.48 bits per heavy atom. The molecule has 0 spiro atoms. The molecule has 1 amide bonds. The van der Waals surface area contributed by atoms with E-state index in [0.29, 0.717) is 6.42 Å². The summed E-state index contributed by atoms with van der Waals surface area (Å²) in [5.74, 6) is 0.777. The van der Waals surface area contributed by atoms with Crippen molar-refractivity contribution in [2.45, 2.75) is 26.2 Å². The number of carbonyl (C=O) groups excluding carboxylic acids is 1. The zero-order valence-corrected chi connectivity index (χ0v) is 13.6. The molecule has 0 bridgehead atoms. The van der Waals surface area contributed by atoms with Crippen LogP contribution in [0.4, 0.5) is 0 Å². The number of hydrogen-bond acceptors (Lipinski definition) is 3. The summed E-state index contributed by atoms with van der Waals surface area (Å²) in [6.07, 6.45) is 3.76. The number of hydrogen-bond donors (Lipinski definition) is 1. The van der Waals surface area contributed by atoms with Crippen LogP contribution in [-0.2, 0) is 11.2 Å². The predicted octanol–water partition coefficient (Wildman–Crippen LogP) is 3.48. The Hall–Kier alpha value is -2.62. The highest BCUT2D eigenvalue weighted by Crippen LogP contribution is 2.13. The summed E-state index contributed by atoms with van der Waals surface area (Å²) in [6, 6.07) is 15.9. The van der Waals surface area contributed by atoms with Gasteiger partial charge in [-0.15, -0.1) is 0 Å². The molecule has 0 aliphatic carbocycles. The number of nitrogens with one attached hydrogen (secondary N) is 1. The molecule has 0 unspecified atom stereocenters. The van der Waals surface area contributed by atoms with Crippen LogP contribution in [0, 0.1) is 6.92 Å². The first-order valence-corrected chi connectivity index (χ1v) is 7.69. The number of rotatable bonds is 7. The minimum atomic E-state index is -0.0677. The molecule has 0 aliphatic heterocycles. The number of hydrazone groups is 1. The van der Waals surface area contributed by atoms with Gasteiger partial charge in [0.15, 0.2) is 0 Å². The highest BCUT2D eigenvalue weighted by atomic mass is 16.5. The van der Waals surface area contributed by atoms with Gasteiger partial charge in [0.2, 0.25) is 5.91 Å². The van der Waals surface area contributed by atoms with Gasteiger partial charge in [0.25, 0.3) is 0 Å². The van der Waals surface area contributed by atoms with Gasteiger partial charge in [-0.05, 0) is 43.0 Å². The smallest absolute Gasteiger partial charge is 0.240 e. The normalized spacial score (nSPS) is 10.7. The van der Waals surface area contributed by atoms with Crippen LogP contribution in [0.2, 0.25) is 0 Å². The van der Waals surface area contributed by atoms with E-state index in [2.05, 4.69) is 10.5 Å². The molecule has 2 aromatic rings. The van der Waals surface area contributed by atoms with Crippen LogP contribution in [0.3, 0.4) is 0 Å². The van der Waals surface area contributed by atoms with Crippen LogP contribution in [0.1, 0.15) is 29.5 Å². The number of nitrogens with zero attached hydrogens (tertiary/aromatic N) is 1. The number of ether oxygens (including phenoxy) is 1. The lowest BCUT2D eigenvalue weighted by atomic mass is 10.1. The van der Waals surface area contributed by atoms with E-state index in [0.717, 1.165) is 24.2 Å². The third kappa shape index (κ3) is 5.94. The van der Waals surface area contributed by atoms with E-state index in [4.69, 9.17) is 4.74 Å². The molecular formula is C19H22N2O2. The van der Waals surface area contributed by atoms with Crippen molar-refractivity contribution in [3.63, 3.8) is 0 Å². The van der Waals surface area contributed by atoms with Crippen LogP contribution in [0.5, 0.6) is 5.75 Å². The molecule has 0 radical (unpaired) electrons. The summed E-state index contributed by atoms with van der Waals surface area (Å²) in [5, 5.41) is 3.98. The molecule has 2 aromatic carbocycles. The van der Waals surface area contributed by atoms with Gasteiger partial charge in [0.1, 0.15) is 5.75 Å². The second-order valence-corrected chi connectivity index (χ2v) is 5.41. The predicted molar refractivity (Wildman–Crippen MR) is 92.8 cm³/mol. The van der Waals surface area contributed by atoms with Gasteiger partial charge in [0, 0.05) is 6.42 Å². The Bertz CT molecular complexity index is 646. The van der Waals surface area contributed by atoms with Crippen molar-refractivity contribution in [2.24, 2.45) is 5.10 Å². The minimum Gasteiger partial charge on any atom is -0.497 e. The summed E-state index contributed by atoms with van der Waals surface area (Å²) < 4.78 is 5.12. The van der Waals surface area contributed by atoms with E-state index in [1.54, 1.807) is 13.3 Å². The fourth-order valence-corrected chi connectivity index (χ4v) is 2.13. The average molecular weight is 310 g/mol. The van der Waals surface area contributed by atoms with Gasteiger partial charge >= 0.3 is 0 Å². The Kier molecular flexibility index (Phi) is 6.36. The zero-order chi connectivity index (χ0) is 16.5. The highest BCUT2D eigenvalue weighted by Gasteiger charge is 2.01. The Balaban J connectivity index is 1.69. The maximum absolute atomic E-state index is 11.7. The van der Waals surface area contributed by atoms with Gasteiger partial charge in [-0.1, -0.05) is 42.0 Å². The minimum absolute atomic E-state index is 0.0677. The number of aryl methyl sites for hydroxylation is 2. The van der Waals surface area contributed by atoms with Crippen LogP contribution in [0.15, 0.2) is 53.6 Å². The monoisotopic (exact) mass is 310 g/mol. The van der Waals surface area contributed by atoms with E-state index in [1.165, 1.54) is 11.1 Å². The topological polar surface area (TPSA) is 50.7 Å². The van der Waals surface area contributed by atoms with Gasteiger partial charge < -0.3 is 4.74 Å². The van der Waals surface area contributed by atoms with E-state index in [-0.39, 0.29) is 5.91 Å². The summed E-state index contributed by atoms with van der Waals surface area (Å²) >= 11 is 0. The van der Waals surface area contributed by atoms with Crippen molar-refractivity contribution in [1.82, 2.24) is 5.43 Å². The van der Waals surface area contributed by atoms with E-state index >= 15 is 0 Å². The van der Waals surface area contributed by atoms with Crippen LogP contribution in [-0.4, -0.2) is 19.2 Å². The number of amides is 1. The van der Waals surface area contributed by atoms with E-state index in [1.807, 2.05) is 55.5 Å². The molecule has 4 heteroatoms. The first-order chi connectivity index (χ1) is 11.2. The van der Waals surface area contributed by atoms with Crippen LogP contribution >= 0.6 is 0 Å². The molecule has 0 atom stereocenters. The lowest BCUT2D eigenvalue weighted by Gasteiger charge is -2.03. The van der Waals surface area contributed by atoms with E-state index in [9.17, 15) is 4.79 Å². The molecule has 23 heavy (non-hydrogen) atoms. The largest absolute Gasteiger partial charge is 0.497 e. The maximum Gasteiger partial charge on any atom is 0.240 e. The first kappa shape index (κ1) is 16.7. The van der Waals surface area contributed by atoms with Gasteiger partial charge in [0.05, 0.1) is 13.3 Å². The summed E-state index contributed by atoms with van der Waals surface area (Å²) in [6.45, 7) is 2.03. The Morgan fingerprint density at radius 1 is 1.13 bits per heavy atom. The third-order valence-corrected chi connectivity index (χ3v) is 3.51. The van der Waals surface area contributed by atoms with Crippen molar-refractivity contribution >= 4 is 12.1 Å².